The molecule has 0 saturated carbocycles. The fourth-order valence-corrected chi connectivity index (χ4v) is 2.58. The van der Waals surface area contributed by atoms with Crippen molar-refractivity contribution in [2.75, 3.05) is 20.1 Å². The van der Waals surface area contributed by atoms with Crippen LogP contribution in [0.1, 0.15) is 29.6 Å². The van der Waals surface area contributed by atoms with Crippen LogP contribution in [0, 0.1) is 15.9 Å². The Labute approximate surface area is 134 Å². The van der Waals surface area contributed by atoms with E-state index < -0.39 is 16.6 Å². The van der Waals surface area contributed by atoms with E-state index in [2.05, 4.69) is 5.32 Å². The molecule has 22 heavy (non-hydrogen) atoms. The molecule has 1 unspecified atom stereocenters. The van der Waals surface area contributed by atoms with Gasteiger partial charge in [0, 0.05) is 19.2 Å². The normalized spacial score (nSPS) is 18.0. The lowest BCUT2D eigenvalue weighted by Crippen LogP contribution is -2.37. The monoisotopic (exact) mass is 331 g/mol. The van der Waals surface area contributed by atoms with Crippen LogP contribution in [-0.4, -0.2) is 41.9 Å². The lowest BCUT2D eigenvalue weighted by atomic mass is 10.1. The van der Waals surface area contributed by atoms with Crippen LogP contribution in [0.15, 0.2) is 18.2 Å². The van der Waals surface area contributed by atoms with Gasteiger partial charge in [0.05, 0.1) is 4.92 Å². The summed E-state index contributed by atoms with van der Waals surface area (Å²) in [7, 11) is 1.62. The predicted octanol–water partition coefficient (Wildman–Crippen LogP) is 2.37. The van der Waals surface area contributed by atoms with Crippen molar-refractivity contribution in [3.05, 3.63) is 39.7 Å². The van der Waals surface area contributed by atoms with E-state index in [-0.39, 0.29) is 29.7 Å². The number of nitro groups is 1. The van der Waals surface area contributed by atoms with Crippen molar-refractivity contribution < 1.29 is 14.1 Å². The second kappa shape index (κ2) is 8.05. The van der Waals surface area contributed by atoms with Gasteiger partial charge in [-0.15, -0.1) is 12.4 Å². The number of nitrogens with one attached hydrogen (secondary N) is 1. The zero-order valence-electron chi connectivity index (χ0n) is 12.3. The van der Waals surface area contributed by atoms with Gasteiger partial charge in [-0.25, -0.2) is 4.39 Å². The molecule has 8 heteroatoms. The second-order valence-corrected chi connectivity index (χ2v) is 5.17. The number of benzene rings is 1. The van der Waals surface area contributed by atoms with Gasteiger partial charge in [-0.3, -0.25) is 14.9 Å². The van der Waals surface area contributed by atoms with Gasteiger partial charge in [0.25, 0.3) is 11.6 Å². The maximum atomic E-state index is 13.3. The average Bonchev–Trinajstić information content (AvgIpc) is 2.74. The second-order valence-electron chi connectivity index (χ2n) is 5.17. The summed E-state index contributed by atoms with van der Waals surface area (Å²) < 4.78 is 13.3. The van der Waals surface area contributed by atoms with Gasteiger partial charge in [0.1, 0.15) is 11.4 Å². The van der Waals surface area contributed by atoms with Crippen molar-refractivity contribution in [1.82, 2.24) is 10.2 Å². The summed E-state index contributed by atoms with van der Waals surface area (Å²) >= 11 is 0. The van der Waals surface area contributed by atoms with E-state index in [1.54, 1.807) is 7.05 Å². The Bertz CT molecular complexity index is 548. The molecular formula is C14H19ClFN3O3. The first-order valence-corrected chi connectivity index (χ1v) is 6.92. The summed E-state index contributed by atoms with van der Waals surface area (Å²) in [6, 6.07) is 2.97. The van der Waals surface area contributed by atoms with E-state index in [0.717, 1.165) is 50.6 Å². The van der Waals surface area contributed by atoms with Crippen LogP contribution in [0.4, 0.5) is 10.1 Å². The first-order valence-electron chi connectivity index (χ1n) is 6.92. The van der Waals surface area contributed by atoms with Crippen LogP contribution in [0.2, 0.25) is 0 Å². The molecule has 6 nitrogen and oxygen atoms in total. The number of hydrogen-bond donors (Lipinski definition) is 1. The molecule has 0 aliphatic carbocycles. The molecule has 122 valence electrons. The Morgan fingerprint density at radius 1 is 1.41 bits per heavy atom. The van der Waals surface area contributed by atoms with Crippen LogP contribution in [-0.2, 0) is 0 Å². The number of carbonyl (C=O) groups is 1. The largest absolute Gasteiger partial charge is 0.338 e. The Hall–Kier alpha value is -1.73. The highest BCUT2D eigenvalue weighted by Crippen LogP contribution is 2.23. The lowest BCUT2D eigenvalue weighted by Gasteiger charge is -2.27. The molecule has 1 N–H and O–H groups in total. The summed E-state index contributed by atoms with van der Waals surface area (Å²) in [4.78, 5) is 24.3. The van der Waals surface area contributed by atoms with E-state index in [9.17, 15) is 19.3 Å². The van der Waals surface area contributed by atoms with E-state index >= 15 is 0 Å². The van der Waals surface area contributed by atoms with Crippen LogP contribution < -0.4 is 5.32 Å². The highest BCUT2D eigenvalue weighted by molar-refractivity contribution is 5.98. The van der Waals surface area contributed by atoms with Gasteiger partial charge in [-0.05, 0) is 44.5 Å². The fraction of sp³-hybridized carbons (Fsp3) is 0.500. The molecule has 1 amide bonds. The third kappa shape index (κ3) is 4.14. The van der Waals surface area contributed by atoms with Gasteiger partial charge < -0.3 is 10.2 Å². The van der Waals surface area contributed by atoms with Crippen molar-refractivity contribution >= 4 is 24.0 Å². The molecule has 1 aromatic carbocycles. The van der Waals surface area contributed by atoms with Crippen LogP contribution in [0.5, 0.6) is 0 Å². The summed E-state index contributed by atoms with van der Waals surface area (Å²) in [5, 5.41) is 14.2. The first kappa shape index (κ1) is 18.3. The van der Waals surface area contributed by atoms with Gasteiger partial charge in [0.2, 0.25) is 0 Å². The lowest BCUT2D eigenvalue weighted by molar-refractivity contribution is -0.385. The summed E-state index contributed by atoms with van der Waals surface area (Å²) in [5.41, 5.74) is -0.556. The zero-order chi connectivity index (χ0) is 15.4. The molecule has 1 saturated heterocycles. The predicted molar refractivity (Wildman–Crippen MR) is 82.9 cm³/mol. The number of amides is 1. The van der Waals surface area contributed by atoms with Gasteiger partial charge in [-0.2, -0.15) is 0 Å². The van der Waals surface area contributed by atoms with Gasteiger partial charge >= 0.3 is 0 Å². The van der Waals surface area contributed by atoms with E-state index in [1.807, 2.05) is 0 Å². The first-order chi connectivity index (χ1) is 10.0. The van der Waals surface area contributed by atoms with Crippen LogP contribution >= 0.6 is 12.4 Å². The minimum atomic E-state index is -0.658. The highest BCUT2D eigenvalue weighted by Gasteiger charge is 2.27. The van der Waals surface area contributed by atoms with Gasteiger partial charge in [-0.1, -0.05) is 0 Å². The van der Waals surface area contributed by atoms with E-state index in [1.165, 1.54) is 4.90 Å². The molecule has 1 aromatic rings. The smallest absolute Gasteiger partial charge is 0.282 e. The molecule has 0 radical (unpaired) electrons. The Morgan fingerprint density at radius 3 is 2.82 bits per heavy atom. The molecule has 1 heterocycles. The molecule has 1 aliphatic rings. The molecule has 1 aliphatic heterocycles. The Kier molecular flexibility index (Phi) is 6.70. The molecule has 0 aromatic heterocycles. The number of nitrogens with zero attached hydrogens (tertiary/aromatic N) is 2. The Morgan fingerprint density at radius 2 is 2.14 bits per heavy atom. The molecule has 1 fully saturated rings. The summed E-state index contributed by atoms with van der Waals surface area (Å²) in [6.07, 6.45) is 2.55. The standard InChI is InChI=1S/C14H18FN3O3.ClH/c1-17(11-3-2-7-16-8-6-11)14(19)12-9-10(15)4-5-13(12)18(20)21;/h4-5,9,11,16H,2-3,6-8H2,1H3;1H. The minimum Gasteiger partial charge on any atom is -0.338 e. The van der Waals surface area contributed by atoms with Crippen molar-refractivity contribution in [3.63, 3.8) is 0 Å². The molecule has 0 spiro atoms. The third-order valence-electron chi connectivity index (χ3n) is 3.80. The number of carbonyl (C=O) groups excluding carboxylic acids is 1. The number of halogens is 2. The quantitative estimate of drug-likeness (QED) is 0.681. The van der Waals surface area contributed by atoms with Crippen molar-refractivity contribution in [2.45, 2.75) is 25.3 Å². The maximum Gasteiger partial charge on any atom is 0.282 e. The minimum absolute atomic E-state index is 0. The Balaban J connectivity index is 0.00000242. The summed E-state index contributed by atoms with van der Waals surface area (Å²) in [6.45, 7) is 1.70. The van der Waals surface area contributed by atoms with Crippen molar-refractivity contribution in [3.8, 4) is 0 Å². The molecule has 2 rings (SSSR count). The average molecular weight is 332 g/mol. The van der Waals surface area contributed by atoms with Crippen LogP contribution in [0.25, 0.3) is 0 Å². The van der Waals surface area contributed by atoms with Crippen molar-refractivity contribution in [2.24, 2.45) is 0 Å². The van der Waals surface area contributed by atoms with E-state index in [0.29, 0.717) is 0 Å². The SMILES string of the molecule is CN(C(=O)c1cc(F)ccc1[N+](=O)[O-])C1CCCNCC1.Cl. The third-order valence-corrected chi connectivity index (χ3v) is 3.80. The van der Waals surface area contributed by atoms with Gasteiger partial charge in [0.15, 0.2) is 0 Å². The highest BCUT2D eigenvalue weighted by atomic mass is 35.5. The molecule has 1 atom stereocenters. The topological polar surface area (TPSA) is 75.5 Å². The number of hydrogen-bond acceptors (Lipinski definition) is 4. The zero-order valence-corrected chi connectivity index (χ0v) is 13.1. The fourth-order valence-electron chi connectivity index (χ4n) is 2.58. The molecular weight excluding hydrogens is 313 g/mol. The number of nitro benzene ring substituents is 1. The molecule has 0 bridgehead atoms. The van der Waals surface area contributed by atoms with E-state index in [4.69, 9.17) is 0 Å². The summed E-state index contributed by atoms with van der Waals surface area (Å²) in [5.74, 6) is -1.16. The number of rotatable bonds is 3. The maximum absolute atomic E-state index is 13.3. The van der Waals surface area contributed by atoms with Crippen LogP contribution in [0.3, 0.4) is 0 Å². The van der Waals surface area contributed by atoms with Crippen molar-refractivity contribution in [1.29, 1.82) is 0 Å².